The molecule has 4 saturated carbocycles. The number of rotatable bonds is 5. The van der Waals surface area contributed by atoms with Gasteiger partial charge in [-0.3, -0.25) is 0 Å². The first kappa shape index (κ1) is 24.0. The molecule has 180 valence electrons. The molecule has 0 aromatic carbocycles. The van der Waals surface area contributed by atoms with E-state index in [0.717, 1.165) is 57.8 Å². The summed E-state index contributed by atoms with van der Waals surface area (Å²) in [6.45, 7) is 11.3. The van der Waals surface area contributed by atoms with Gasteiger partial charge in [0.25, 0.3) is 0 Å². The van der Waals surface area contributed by atoms with Gasteiger partial charge in [-0.15, -0.1) is 0 Å². The maximum absolute atomic E-state index is 11.6. The van der Waals surface area contributed by atoms with E-state index in [9.17, 15) is 20.4 Å². The Hall–Kier alpha value is -0.160. The predicted molar refractivity (Wildman–Crippen MR) is 123 cm³/mol. The van der Waals surface area contributed by atoms with Crippen LogP contribution in [0, 0.1) is 52.3 Å². The predicted octanol–water partition coefficient (Wildman–Crippen LogP) is 4.38. The molecule has 4 fully saturated rings. The van der Waals surface area contributed by atoms with Crippen LogP contribution in [0.2, 0.25) is 0 Å². The summed E-state index contributed by atoms with van der Waals surface area (Å²) in [5, 5.41) is 43.8. The van der Waals surface area contributed by atoms with Gasteiger partial charge >= 0.3 is 0 Å². The van der Waals surface area contributed by atoms with E-state index in [0.29, 0.717) is 35.5 Å². The highest BCUT2D eigenvalue weighted by Gasteiger charge is 2.65. The maximum Gasteiger partial charge on any atom is 0.0602 e. The highest BCUT2D eigenvalue weighted by Crippen LogP contribution is 2.68. The number of hydrogen-bond donors (Lipinski definition) is 4. The topological polar surface area (TPSA) is 80.9 Å². The van der Waals surface area contributed by atoms with Crippen molar-refractivity contribution < 1.29 is 20.4 Å². The summed E-state index contributed by atoms with van der Waals surface area (Å²) < 4.78 is 0. The van der Waals surface area contributed by atoms with E-state index in [1.54, 1.807) is 0 Å². The van der Waals surface area contributed by atoms with Crippen molar-refractivity contribution in [1.82, 2.24) is 0 Å². The Morgan fingerprint density at radius 2 is 1.58 bits per heavy atom. The van der Waals surface area contributed by atoms with E-state index in [4.69, 9.17) is 0 Å². The number of hydrogen-bond acceptors (Lipinski definition) is 4. The summed E-state index contributed by atoms with van der Waals surface area (Å²) in [7, 11) is 0. The standard InChI is InChI=1S/C27H48O4/c1-15(2)10-19(29)11-16(3)20-6-7-21-25-22(14-24(31)27(20,21)5)26(4)9-8-18(28)12-17(26)13-23(25)30/h15-25,28-31H,6-14H2,1-5H3/t16-,17-,18-,19?,20-,21+,22+,23-,24+,25+,26+,27-/m1/s1. The summed E-state index contributed by atoms with van der Waals surface area (Å²) in [6, 6.07) is 0. The first-order valence-electron chi connectivity index (χ1n) is 13.2. The lowest BCUT2D eigenvalue weighted by Crippen LogP contribution is -2.62. The van der Waals surface area contributed by atoms with E-state index in [-0.39, 0.29) is 41.2 Å². The van der Waals surface area contributed by atoms with Crippen LogP contribution in [-0.2, 0) is 0 Å². The van der Waals surface area contributed by atoms with Gasteiger partial charge in [0.1, 0.15) is 0 Å². The number of aliphatic hydroxyl groups is 4. The summed E-state index contributed by atoms with van der Waals surface area (Å²) >= 11 is 0. The molecule has 12 atom stereocenters. The van der Waals surface area contributed by atoms with Crippen LogP contribution in [0.1, 0.15) is 92.4 Å². The van der Waals surface area contributed by atoms with Gasteiger partial charge in [0.15, 0.2) is 0 Å². The smallest absolute Gasteiger partial charge is 0.0602 e. The lowest BCUT2D eigenvalue weighted by molar-refractivity contribution is -0.207. The molecular weight excluding hydrogens is 388 g/mol. The Morgan fingerprint density at radius 3 is 2.26 bits per heavy atom. The van der Waals surface area contributed by atoms with Gasteiger partial charge in [0.05, 0.1) is 24.4 Å². The second-order valence-corrected chi connectivity index (χ2v) is 13.0. The SMILES string of the molecule is CC(C)CC(O)C[C@@H](C)[C@H]1CC[C@H]2[C@@H]3[C@H](O)C[C@H]4C[C@H](O)CC[C@]4(C)[C@H]3C[C@H](O)[C@]12C. The van der Waals surface area contributed by atoms with Crippen molar-refractivity contribution in [2.24, 2.45) is 52.3 Å². The quantitative estimate of drug-likeness (QED) is 0.515. The van der Waals surface area contributed by atoms with Crippen molar-refractivity contribution in [3.8, 4) is 0 Å². The van der Waals surface area contributed by atoms with E-state index in [1.165, 1.54) is 0 Å². The zero-order valence-corrected chi connectivity index (χ0v) is 20.5. The number of fused-ring (bicyclic) bond motifs is 5. The van der Waals surface area contributed by atoms with E-state index in [1.807, 2.05) is 0 Å². The average Bonchev–Trinajstić information content (AvgIpc) is 3.02. The Morgan fingerprint density at radius 1 is 0.871 bits per heavy atom. The number of aliphatic hydroxyl groups excluding tert-OH is 4. The third-order valence-corrected chi connectivity index (χ3v) is 10.9. The van der Waals surface area contributed by atoms with E-state index < -0.39 is 0 Å². The van der Waals surface area contributed by atoms with Gasteiger partial charge < -0.3 is 20.4 Å². The highest BCUT2D eigenvalue weighted by molar-refractivity contribution is 5.14. The first-order valence-corrected chi connectivity index (χ1v) is 13.2. The Kier molecular flexibility index (Phi) is 6.62. The van der Waals surface area contributed by atoms with E-state index >= 15 is 0 Å². The first-order chi connectivity index (χ1) is 14.5. The third-order valence-electron chi connectivity index (χ3n) is 10.9. The fourth-order valence-corrected chi connectivity index (χ4v) is 9.37. The van der Waals surface area contributed by atoms with Crippen LogP contribution < -0.4 is 0 Å². The van der Waals surface area contributed by atoms with Crippen molar-refractivity contribution in [2.45, 2.75) is 117 Å². The molecule has 0 aromatic rings. The molecular formula is C27H48O4. The van der Waals surface area contributed by atoms with Crippen LogP contribution in [0.15, 0.2) is 0 Å². The van der Waals surface area contributed by atoms with Crippen LogP contribution >= 0.6 is 0 Å². The molecule has 0 aliphatic heterocycles. The molecule has 0 heterocycles. The maximum atomic E-state index is 11.6. The summed E-state index contributed by atoms with van der Waals surface area (Å²) in [5.41, 5.74) is -0.0426. The molecule has 0 spiro atoms. The summed E-state index contributed by atoms with van der Waals surface area (Å²) in [6.07, 6.45) is 6.98. The molecule has 1 unspecified atom stereocenters. The van der Waals surface area contributed by atoms with Crippen LogP contribution in [0.25, 0.3) is 0 Å². The molecule has 4 heteroatoms. The molecule has 4 nitrogen and oxygen atoms in total. The molecule has 0 saturated heterocycles. The van der Waals surface area contributed by atoms with E-state index in [2.05, 4.69) is 34.6 Å². The van der Waals surface area contributed by atoms with Gasteiger partial charge in [-0.25, -0.2) is 0 Å². The van der Waals surface area contributed by atoms with Crippen LogP contribution in [0.4, 0.5) is 0 Å². The van der Waals surface area contributed by atoms with Crippen LogP contribution in [-0.4, -0.2) is 44.8 Å². The van der Waals surface area contributed by atoms with Crippen molar-refractivity contribution >= 4 is 0 Å². The fourth-order valence-electron chi connectivity index (χ4n) is 9.37. The molecule has 4 aliphatic rings. The van der Waals surface area contributed by atoms with Gasteiger partial charge in [0.2, 0.25) is 0 Å². The second kappa shape index (κ2) is 8.56. The lowest BCUT2D eigenvalue weighted by Gasteiger charge is -2.63. The second-order valence-electron chi connectivity index (χ2n) is 13.0. The molecule has 0 amide bonds. The Labute approximate surface area is 189 Å². The van der Waals surface area contributed by atoms with Gasteiger partial charge in [-0.1, -0.05) is 34.6 Å². The Bertz CT molecular complexity index is 637. The van der Waals surface area contributed by atoms with Crippen molar-refractivity contribution in [3.05, 3.63) is 0 Å². The molecule has 0 aromatic heterocycles. The lowest BCUT2D eigenvalue weighted by atomic mass is 9.43. The minimum atomic E-state index is -0.342. The molecule has 4 aliphatic carbocycles. The minimum absolute atomic E-state index is 0.128. The molecule has 4 N–H and O–H groups in total. The highest BCUT2D eigenvalue weighted by atomic mass is 16.3. The average molecular weight is 437 g/mol. The molecule has 31 heavy (non-hydrogen) atoms. The largest absolute Gasteiger partial charge is 0.393 e. The zero-order valence-electron chi connectivity index (χ0n) is 20.5. The van der Waals surface area contributed by atoms with Crippen LogP contribution in [0.5, 0.6) is 0 Å². The van der Waals surface area contributed by atoms with Crippen molar-refractivity contribution in [2.75, 3.05) is 0 Å². The Balaban J connectivity index is 1.56. The van der Waals surface area contributed by atoms with Gasteiger partial charge in [-0.2, -0.15) is 0 Å². The van der Waals surface area contributed by atoms with Crippen molar-refractivity contribution in [1.29, 1.82) is 0 Å². The van der Waals surface area contributed by atoms with Gasteiger partial charge in [-0.05, 0) is 110 Å². The monoisotopic (exact) mass is 436 g/mol. The zero-order chi connectivity index (χ0) is 22.7. The minimum Gasteiger partial charge on any atom is -0.393 e. The summed E-state index contributed by atoms with van der Waals surface area (Å²) in [4.78, 5) is 0. The fraction of sp³-hybridized carbons (Fsp3) is 1.00. The molecule has 0 radical (unpaired) electrons. The van der Waals surface area contributed by atoms with Gasteiger partial charge in [0, 0.05) is 0 Å². The molecule has 0 bridgehead atoms. The van der Waals surface area contributed by atoms with Crippen LogP contribution in [0.3, 0.4) is 0 Å². The third kappa shape index (κ3) is 3.92. The van der Waals surface area contributed by atoms with Crippen molar-refractivity contribution in [3.63, 3.8) is 0 Å². The summed E-state index contributed by atoms with van der Waals surface area (Å²) in [5.74, 6) is 2.62. The normalized spacial score (nSPS) is 51.7. The molecule has 4 rings (SSSR count).